The SMILES string of the molecule is Oc1ccc(-c2nc(N3CCOCC3)c3ncc(Cl)cc3n2)cc1. The Balaban J connectivity index is 1.89. The maximum atomic E-state index is 9.48. The summed E-state index contributed by atoms with van der Waals surface area (Å²) in [7, 11) is 0. The molecule has 1 aliphatic heterocycles. The highest BCUT2D eigenvalue weighted by molar-refractivity contribution is 6.31. The fraction of sp³-hybridized carbons (Fsp3) is 0.235. The molecule has 0 bridgehead atoms. The summed E-state index contributed by atoms with van der Waals surface area (Å²) in [4.78, 5) is 15.9. The largest absolute Gasteiger partial charge is 0.508 e. The number of phenols is 1. The number of morpholine rings is 1. The van der Waals surface area contributed by atoms with E-state index in [1.165, 1.54) is 0 Å². The molecule has 0 spiro atoms. The molecule has 0 saturated carbocycles. The van der Waals surface area contributed by atoms with E-state index in [4.69, 9.17) is 21.3 Å². The molecule has 7 heteroatoms. The number of rotatable bonds is 2. The number of benzene rings is 1. The van der Waals surface area contributed by atoms with E-state index in [9.17, 15) is 5.11 Å². The van der Waals surface area contributed by atoms with Crippen molar-refractivity contribution in [3.8, 4) is 17.1 Å². The standard InChI is InChI=1S/C17H15ClN4O2/c18-12-9-14-15(19-10-12)17(22-5-7-24-8-6-22)21-16(20-14)11-1-3-13(23)4-2-11/h1-4,9-10,23H,5-8H2. The first-order valence-corrected chi connectivity index (χ1v) is 8.04. The summed E-state index contributed by atoms with van der Waals surface area (Å²) < 4.78 is 5.43. The third-order valence-corrected chi connectivity index (χ3v) is 4.13. The van der Waals surface area contributed by atoms with Gasteiger partial charge in [-0.15, -0.1) is 0 Å². The smallest absolute Gasteiger partial charge is 0.162 e. The summed E-state index contributed by atoms with van der Waals surface area (Å²) >= 11 is 6.09. The van der Waals surface area contributed by atoms with Crippen LogP contribution in [0.15, 0.2) is 36.5 Å². The zero-order chi connectivity index (χ0) is 16.5. The van der Waals surface area contributed by atoms with Gasteiger partial charge in [0.1, 0.15) is 11.3 Å². The molecule has 0 amide bonds. The highest BCUT2D eigenvalue weighted by Crippen LogP contribution is 2.28. The molecule has 6 nitrogen and oxygen atoms in total. The van der Waals surface area contributed by atoms with Crippen LogP contribution in [0.4, 0.5) is 5.82 Å². The van der Waals surface area contributed by atoms with Crippen LogP contribution >= 0.6 is 11.6 Å². The van der Waals surface area contributed by atoms with Gasteiger partial charge in [-0.25, -0.2) is 15.0 Å². The molecule has 2 aromatic heterocycles. The maximum absolute atomic E-state index is 9.48. The van der Waals surface area contributed by atoms with Crippen molar-refractivity contribution >= 4 is 28.5 Å². The van der Waals surface area contributed by atoms with Gasteiger partial charge in [-0.05, 0) is 30.3 Å². The molecule has 4 rings (SSSR count). The molecule has 0 atom stereocenters. The fourth-order valence-electron chi connectivity index (χ4n) is 2.71. The Morgan fingerprint density at radius 2 is 1.83 bits per heavy atom. The third kappa shape index (κ3) is 2.86. The number of anilines is 1. The highest BCUT2D eigenvalue weighted by atomic mass is 35.5. The van der Waals surface area contributed by atoms with Gasteiger partial charge >= 0.3 is 0 Å². The molecule has 1 aromatic carbocycles. The van der Waals surface area contributed by atoms with Crippen molar-refractivity contribution in [2.45, 2.75) is 0 Å². The fourth-order valence-corrected chi connectivity index (χ4v) is 2.87. The number of aromatic hydroxyl groups is 1. The van der Waals surface area contributed by atoms with Crippen molar-refractivity contribution in [2.75, 3.05) is 31.2 Å². The van der Waals surface area contributed by atoms with Gasteiger partial charge in [-0.3, -0.25) is 0 Å². The van der Waals surface area contributed by atoms with Gasteiger partial charge in [-0.1, -0.05) is 11.6 Å². The lowest BCUT2D eigenvalue weighted by atomic mass is 10.2. The van der Waals surface area contributed by atoms with Crippen LogP contribution in [0, 0.1) is 0 Å². The quantitative estimate of drug-likeness (QED) is 0.772. The van der Waals surface area contributed by atoms with E-state index >= 15 is 0 Å². The monoisotopic (exact) mass is 342 g/mol. The minimum atomic E-state index is 0.206. The lowest BCUT2D eigenvalue weighted by Crippen LogP contribution is -2.37. The second kappa shape index (κ2) is 6.22. The molecule has 3 aromatic rings. The van der Waals surface area contributed by atoms with E-state index in [1.807, 2.05) is 0 Å². The van der Waals surface area contributed by atoms with Gasteiger partial charge in [0.25, 0.3) is 0 Å². The van der Waals surface area contributed by atoms with Gasteiger partial charge in [0.2, 0.25) is 0 Å². The molecule has 0 unspecified atom stereocenters. The average molecular weight is 343 g/mol. The molecule has 122 valence electrons. The van der Waals surface area contributed by atoms with Crippen LogP contribution in [0.2, 0.25) is 5.02 Å². The predicted molar refractivity (Wildman–Crippen MR) is 92.5 cm³/mol. The van der Waals surface area contributed by atoms with Crippen LogP contribution in [-0.4, -0.2) is 46.4 Å². The van der Waals surface area contributed by atoms with E-state index in [2.05, 4.69) is 14.9 Å². The molecule has 1 N–H and O–H groups in total. The van der Waals surface area contributed by atoms with Crippen molar-refractivity contribution in [3.63, 3.8) is 0 Å². The van der Waals surface area contributed by atoms with Gasteiger partial charge in [-0.2, -0.15) is 0 Å². The number of hydrogen-bond donors (Lipinski definition) is 1. The van der Waals surface area contributed by atoms with Gasteiger partial charge in [0.15, 0.2) is 11.6 Å². The van der Waals surface area contributed by atoms with Crippen LogP contribution in [0.3, 0.4) is 0 Å². The van der Waals surface area contributed by atoms with Crippen LogP contribution < -0.4 is 4.90 Å². The Hall–Kier alpha value is -2.44. The van der Waals surface area contributed by atoms with Gasteiger partial charge in [0, 0.05) is 24.8 Å². The topological polar surface area (TPSA) is 71.4 Å². The number of nitrogens with zero attached hydrogens (tertiary/aromatic N) is 4. The molecular weight excluding hydrogens is 328 g/mol. The number of pyridine rings is 1. The number of aromatic nitrogens is 3. The Kier molecular flexibility index (Phi) is 3.92. The summed E-state index contributed by atoms with van der Waals surface area (Å²) in [6.45, 7) is 2.83. The van der Waals surface area contributed by atoms with Crippen LogP contribution in [0.1, 0.15) is 0 Å². The molecule has 1 saturated heterocycles. The van der Waals surface area contributed by atoms with Crippen molar-refractivity contribution in [2.24, 2.45) is 0 Å². The minimum absolute atomic E-state index is 0.206. The maximum Gasteiger partial charge on any atom is 0.162 e. The Morgan fingerprint density at radius 3 is 2.58 bits per heavy atom. The molecule has 3 heterocycles. The number of fused-ring (bicyclic) bond motifs is 1. The van der Waals surface area contributed by atoms with Gasteiger partial charge < -0.3 is 14.7 Å². The van der Waals surface area contributed by atoms with Gasteiger partial charge in [0.05, 0.1) is 23.8 Å². The van der Waals surface area contributed by atoms with Crippen molar-refractivity contribution in [1.29, 1.82) is 0 Å². The molecule has 1 fully saturated rings. The summed E-state index contributed by atoms with van der Waals surface area (Å²) in [5.41, 5.74) is 2.25. The zero-order valence-corrected chi connectivity index (χ0v) is 13.6. The number of phenolic OH excluding ortho intramolecular Hbond substituents is 1. The number of hydrogen-bond acceptors (Lipinski definition) is 6. The van der Waals surface area contributed by atoms with Crippen molar-refractivity contribution in [3.05, 3.63) is 41.6 Å². The lowest BCUT2D eigenvalue weighted by Gasteiger charge is -2.28. The Bertz CT molecular complexity index is 880. The van der Waals surface area contributed by atoms with E-state index in [1.54, 1.807) is 36.5 Å². The summed E-state index contributed by atoms with van der Waals surface area (Å²) in [6.07, 6.45) is 1.61. The number of ether oxygens (including phenoxy) is 1. The molecular formula is C17H15ClN4O2. The zero-order valence-electron chi connectivity index (χ0n) is 12.8. The van der Waals surface area contributed by atoms with E-state index in [0.717, 1.165) is 30.0 Å². The summed E-state index contributed by atoms with van der Waals surface area (Å²) in [5, 5.41) is 10.0. The third-order valence-electron chi connectivity index (χ3n) is 3.92. The van der Waals surface area contributed by atoms with E-state index in [-0.39, 0.29) is 5.75 Å². The molecule has 0 aliphatic carbocycles. The average Bonchev–Trinajstić information content (AvgIpc) is 2.62. The Labute approximate surface area is 143 Å². The first kappa shape index (κ1) is 15.1. The lowest BCUT2D eigenvalue weighted by molar-refractivity contribution is 0.122. The summed E-state index contributed by atoms with van der Waals surface area (Å²) in [5.74, 6) is 1.56. The minimum Gasteiger partial charge on any atom is -0.508 e. The van der Waals surface area contributed by atoms with Crippen LogP contribution in [0.25, 0.3) is 22.4 Å². The predicted octanol–water partition coefficient (Wildman–Crippen LogP) is 2.89. The number of halogens is 1. The van der Waals surface area contributed by atoms with E-state index < -0.39 is 0 Å². The normalized spacial score (nSPS) is 15.0. The molecule has 1 aliphatic rings. The van der Waals surface area contributed by atoms with Crippen LogP contribution in [-0.2, 0) is 4.74 Å². The van der Waals surface area contributed by atoms with Crippen molar-refractivity contribution < 1.29 is 9.84 Å². The molecule has 0 radical (unpaired) electrons. The van der Waals surface area contributed by atoms with E-state index in [0.29, 0.717) is 29.6 Å². The second-order valence-electron chi connectivity index (χ2n) is 5.54. The van der Waals surface area contributed by atoms with Crippen molar-refractivity contribution in [1.82, 2.24) is 15.0 Å². The van der Waals surface area contributed by atoms with Crippen LogP contribution in [0.5, 0.6) is 5.75 Å². The second-order valence-corrected chi connectivity index (χ2v) is 5.97. The first-order chi connectivity index (χ1) is 11.7. The Morgan fingerprint density at radius 1 is 1.08 bits per heavy atom. The molecule has 24 heavy (non-hydrogen) atoms. The first-order valence-electron chi connectivity index (χ1n) is 7.66. The summed E-state index contributed by atoms with van der Waals surface area (Å²) in [6, 6.07) is 8.61. The highest BCUT2D eigenvalue weighted by Gasteiger charge is 2.19.